The van der Waals surface area contributed by atoms with Gasteiger partial charge in [0, 0.05) is 57.2 Å². The minimum atomic E-state index is -0.480. The largest absolute Gasteiger partial charge is 0.342 e. The third kappa shape index (κ3) is 2.95. The van der Waals surface area contributed by atoms with Crippen LogP contribution in [0.15, 0.2) is 24.3 Å². The Bertz CT molecular complexity index is 844. The molecule has 29 heavy (non-hydrogen) atoms. The Hall–Kier alpha value is -2.37. The Balaban J connectivity index is 1.58. The van der Waals surface area contributed by atoms with Crippen molar-refractivity contribution < 1.29 is 14.4 Å². The molecule has 4 rings (SSSR count). The molecule has 0 unspecified atom stereocenters. The molecule has 3 aliphatic rings. The number of benzene rings is 1. The standard InChI is InChI=1S/C23H31N3O3/c1-4-24-14-11-23(21(24)29)16-26(18(3)27)15-22(23)9-12-25(13-10-22)20(28)19-8-6-5-7-17(19)2/h5-8H,4,9-16H2,1-3H3/t23-/m1/s1. The Morgan fingerprint density at radius 2 is 1.69 bits per heavy atom. The highest BCUT2D eigenvalue weighted by atomic mass is 16.2. The number of aryl methyl sites for hydroxylation is 1. The lowest BCUT2D eigenvalue weighted by molar-refractivity contribution is -0.141. The van der Waals surface area contributed by atoms with E-state index in [2.05, 4.69) is 0 Å². The summed E-state index contributed by atoms with van der Waals surface area (Å²) in [6.07, 6.45) is 2.37. The number of rotatable bonds is 2. The van der Waals surface area contributed by atoms with Crippen molar-refractivity contribution in [3.8, 4) is 0 Å². The van der Waals surface area contributed by atoms with E-state index < -0.39 is 5.41 Å². The molecule has 0 radical (unpaired) electrons. The summed E-state index contributed by atoms with van der Waals surface area (Å²) in [7, 11) is 0. The first-order chi connectivity index (χ1) is 13.8. The van der Waals surface area contributed by atoms with Gasteiger partial charge in [-0.15, -0.1) is 0 Å². The van der Waals surface area contributed by atoms with E-state index in [1.54, 1.807) is 6.92 Å². The van der Waals surface area contributed by atoms with E-state index in [1.165, 1.54) is 0 Å². The first-order valence-electron chi connectivity index (χ1n) is 10.7. The molecule has 0 bridgehead atoms. The quantitative estimate of drug-likeness (QED) is 0.769. The summed E-state index contributed by atoms with van der Waals surface area (Å²) < 4.78 is 0. The van der Waals surface area contributed by atoms with Crippen molar-refractivity contribution >= 4 is 17.7 Å². The van der Waals surface area contributed by atoms with Gasteiger partial charge in [0.2, 0.25) is 11.8 Å². The number of nitrogens with zero attached hydrogens (tertiary/aromatic N) is 3. The fourth-order valence-corrected chi connectivity index (χ4v) is 5.82. The molecule has 1 atom stereocenters. The van der Waals surface area contributed by atoms with Crippen LogP contribution in [0.1, 0.15) is 49.0 Å². The molecule has 3 saturated heterocycles. The molecule has 1 aromatic rings. The molecular formula is C23H31N3O3. The van der Waals surface area contributed by atoms with Crippen molar-refractivity contribution in [2.45, 2.75) is 40.0 Å². The SMILES string of the molecule is CCN1CC[C@@]2(CN(C(C)=O)CC23CCN(C(=O)c2ccccc2C)CC3)C1=O. The van der Waals surface area contributed by atoms with E-state index >= 15 is 0 Å². The zero-order valence-electron chi connectivity index (χ0n) is 17.7. The molecule has 6 nitrogen and oxygen atoms in total. The molecular weight excluding hydrogens is 366 g/mol. The van der Waals surface area contributed by atoms with Crippen LogP contribution in [0.2, 0.25) is 0 Å². The second kappa shape index (κ2) is 7.15. The fraction of sp³-hybridized carbons (Fsp3) is 0.609. The maximum atomic E-state index is 13.4. The fourth-order valence-electron chi connectivity index (χ4n) is 5.82. The molecule has 1 aromatic carbocycles. The summed E-state index contributed by atoms with van der Waals surface area (Å²) in [5, 5.41) is 0. The first-order valence-corrected chi connectivity index (χ1v) is 10.7. The van der Waals surface area contributed by atoms with E-state index in [9.17, 15) is 14.4 Å². The second-order valence-electron chi connectivity index (χ2n) is 8.98. The average Bonchev–Trinajstić information content (AvgIpc) is 3.21. The molecule has 3 fully saturated rings. The third-order valence-electron chi connectivity index (χ3n) is 7.68. The number of carbonyl (C=O) groups excluding carboxylic acids is 3. The number of fused-ring (bicyclic) bond motifs is 1. The number of piperidine rings is 1. The van der Waals surface area contributed by atoms with Crippen molar-refractivity contribution in [2.24, 2.45) is 10.8 Å². The zero-order valence-corrected chi connectivity index (χ0v) is 17.7. The van der Waals surface area contributed by atoms with Crippen LogP contribution in [0.3, 0.4) is 0 Å². The average molecular weight is 398 g/mol. The topological polar surface area (TPSA) is 60.9 Å². The first kappa shape index (κ1) is 19.9. The molecule has 0 N–H and O–H groups in total. The molecule has 3 aliphatic heterocycles. The van der Waals surface area contributed by atoms with E-state index in [0.717, 1.165) is 36.9 Å². The number of carbonyl (C=O) groups is 3. The molecule has 156 valence electrons. The van der Waals surface area contributed by atoms with Crippen LogP contribution in [-0.2, 0) is 9.59 Å². The van der Waals surface area contributed by atoms with Crippen LogP contribution >= 0.6 is 0 Å². The van der Waals surface area contributed by atoms with Crippen molar-refractivity contribution in [1.29, 1.82) is 0 Å². The van der Waals surface area contributed by atoms with Gasteiger partial charge in [-0.25, -0.2) is 0 Å². The molecule has 0 aliphatic carbocycles. The summed E-state index contributed by atoms with van der Waals surface area (Å²) in [6.45, 7) is 9.52. The molecule has 2 spiro atoms. The van der Waals surface area contributed by atoms with Crippen molar-refractivity contribution in [3.63, 3.8) is 0 Å². The second-order valence-corrected chi connectivity index (χ2v) is 8.98. The Morgan fingerprint density at radius 1 is 1.00 bits per heavy atom. The van der Waals surface area contributed by atoms with E-state index in [1.807, 2.05) is 52.8 Å². The predicted octanol–water partition coefficient (Wildman–Crippen LogP) is 2.32. The summed E-state index contributed by atoms with van der Waals surface area (Å²) in [5.74, 6) is 0.325. The summed E-state index contributed by atoms with van der Waals surface area (Å²) in [6, 6.07) is 7.70. The van der Waals surface area contributed by atoms with Gasteiger partial charge in [0.1, 0.15) is 0 Å². The van der Waals surface area contributed by atoms with Crippen LogP contribution < -0.4 is 0 Å². The van der Waals surface area contributed by atoms with Gasteiger partial charge < -0.3 is 14.7 Å². The molecule has 0 aromatic heterocycles. The van der Waals surface area contributed by atoms with Crippen molar-refractivity contribution in [1.82, 2.24) is 14.7 Å². The normalized spacial score (nSPS) is 26.0. The van der Waals surface area contributed by atoms with E-state index in [-0.39, 0.29) is 23.1 Å². The zero-order chi connectivity index (χ0) is 20.8. The highest BCUT2D eigenvalue weighted by molar-refractivity contribution is 5.95. The highest BCUT2D eigenvalue weighted by Gasteiger charge is 2.65. The van der Waals surface area contributed by atoms with Gasteiger partial charge in [-0.05, 0) is 44.7 Å². The van der Waals surface area contributed by atoms with Gasteiger partial charge in [0.25, 0.3) is 5.91 Å². The van der Waals surface area contributed by atoms with E-state index in [0.29, 0.717) is 32.7 Å². The molecule has 6 heteroatoms. The molecule has 0 saturated carbocycles. The van der Waals surface area contributed by atoms with Crippen LogP contribution in [0, 0.1) is 17.8 Å². The molecule has 3 amide bonds. The lowest BCUT2D eigenvalue weighted by Gasteiger charge is -2.46. The summed E-state index contributed by atoms with van der Waals surface area (Å²) in [4.78, 5) is 44.4. The number of hydrogen-bond donors (Lipinski definition) is 0. The monoisotopic (exact) mass is 397 g/mol. The summed E-state index contributed by atoms with van der Waals surface area (Å²) in [5.41, 5.74) is 1.04. The van der Waals surface area contributed by atoms with Crippen LogP contribution in [0.4, 0.5) is 0 Å². The predicted molar refractivity (Wildman–Crippen MR) is 110 cm³/mol. The van der Waals surface area contributed by atoms with Gasteiger partial charge in [0.15, 0.2) is 0 Å². The Labute approximate surface area is 172 Å². The van der Waals surface area contributed by atoms with Gasteiger partial charge >= 0.3 is 0 Å². The minimum Gasteiger partial charge on any atom is -0.342 e. The van der Waals surface area contributed by atoms with Crippen LogP contribution in [-0.4, -0.2) is 71.7 Å². The number of amides is 3. The van der Waals surface area contributed by atoms with Crippen molar-refractivity contribution in [3.05, 3.63) is 35.4 Å². The maximum Gasteiger partial charge on any atom is 0.254 e. The number of hydrogen-bond acceptors (Lipinski definition) is 3. The third-order valence-corrected chi connectivity index (χ3v) is 7.68. The van der Waals surface area contributed by atoms with Gasteiger partial charge in [-0.2, -0.15) is 0 Å². The Morgan fingerprint density at radius 3 is 2.28 bits per heavy atom. The smallest absolute Gasteiger partial charge is 0.254 e. The minimum absolute atomic E-state index is 0.0439. The Kier molecular flexibility index (Phi) is 4.91. The van der Waals surface area contributed by atoms with Crippen LogP contribution in [0.25, 0.3) is 0 Å². The molecule has 3 heterocycles. The lowest BCUT2D eigenvalue weighted by Crippen LogP contribution is -2.53. The van der Waals surface area contributed by atoms with Gasteiger partial charge in [-0.3, -0.25) is 14.4 Å². The van der Waals surface area contributed by atoms with Crippen molar-refractivity contribution in [2.75, 3.05) is 39.3 Å². The van der Waals surface area contributed by atoms with Gasteiger partial charge in [-0.1, -0.05) is 18.2 Å². The van der Waals surface area contributed by atoms with Crippen LogP contribution in [0.5, 0.6) is 0 Å². The number of likely N-dealkylation sites (tertiary alicyclic amines) is 3. The summed E-state index contributed by atoms with van der Waals surface area (Å²) >= 11 is 0. The highest BCUT2D eigenvalue weighted by Crippen LogP contribution is 2.57. The maximum absolute atomic E-state index is 13.4. The van der Waals surface area contributed by atoms with Gasteiger partial charge in [0.05, 0.1) is 5.41 Å². The van der Waals surface area contributed by atoms with E-state index in [4.69, 9.17) is 0 Å². The lowest BCUT2D eigenvalue weighted by atomic mass is 9.60.